The quantitative estimate of drug-likeness (QED) is 0.313. The molecule has 53 heavy (non-hydrogen) atoms. The van der Waals surface area contributed by atoms with Crippen molar-refractivity contribution in [3.8, 4) is 5.75 Å². The van der Waals surface area contributed by atoms with Gasteiger partial charge in [0.2, 0.25) is 21.8 Å². The number of carbonyl (C=O) groups is 3. The van der Waals surface area contributed by atoms with Crippen molar-refractivity contribution in [3.05, 3.63) is 71.6 Å². The van der Waals surface area contributed by atoms with E-state index in [0.717, 1.165) is 53.5 Å². The fourth-order valence-electron chi connectivity index (χ4n) is 8.44. The van der Waals surface area contributed by atoms with Crippen LogP contribution in [0.3, 0.4) is 0 Å². The first kappa shape index (κ1) is 35.5. The number of hydrogen-bond donors (Lipinski definition) is 3. The summed E-state index contributed by atoms with van der Waals surface area (Å²) in [6.45, 7) is 5.61. The second-order valence-corrected chi connectivity index (χ2v) is 18.3. The lowest BCUT2D eigenvalue weighted by Gasteiger charge is -2.36. The minimum Gasteiger partial charge on any atom is -0.483 e. The Morgan fingerprint density at radius 2 is 1.81 bits per heavy atom. The van der Waals surface area contributed by atoms with Crippen LogP contribution in [0.2, 0.25) is 0 Å². The Hall–Kier alpha value is -4.52. The number of hydrogen-bond acceptors (Lipinski definition) is 9. The highest BCUT2D eigenvalue weighted by atomic mass is 32.2. The van der Waals surface area contributed by atoms with E-state index >= 15 is 0 Å². The number of para-hydroxylation sites is 1. The average Bonchev–Trinajstić information content (AvgIpc) is 4.02. The van der Waals surface area contributed by atoms with E-state index in [4.69, 9.17) is 9.72 Å². The van der Waals surface area contributed by atoms with Crippen molar-refractivity contribution >= 4 is 44.5 Å². The van der Waals surface area contributed by atoms with Crippen LogP contribution < -0.4 is 20.1 Å². The second-order valence-electron chi connectivity index (χ2n) is 16.1. The highest BCUT2D eigenvalue weighted by molar-refractivity contribution is 7.91. The predicted molar refractivity (Wildman–Crippen MR) is 201 cm³/mol. The lowest BCUT2D eigenvalue weighted by molar-refractivity contribution is -0.140. The van der Waals surface area contributed by atoms with Crippen LogP contribution in [0, 0.1) is 19.8 Å². The molecule has 2 aromatic heterocycles. The third-order valence-corrected chi connectivity index (χ3v) is 14.3. The minimum atomic E-state index is -3.95. The zero-order valence-electron chi connectivity index (χ0n) is 30.6. The summed E-state index contributed by atoms with van der Waals surface area (Å²) in [5.74, 6) is -0.578. The number of fused-ring (bicyclic) bond motifs is 5. The number of anilines is 1. The first-order valence-electron chi connectivity index (χ1n) is 19.0. The third kappa shape index (κ3) is 6.55. The van der Waals surface area contributed by atoms with Crippen LogP contribution in [0.15, 0.2) is 54.6 Å². The number of pyridine rings is 2. The Bertz CT molecular complexity index is 2130. The Morgan fingerprint density at radius 1 is 1.00 bits per heavy atom. The number of aryl methyl sites for hydroxylation is 3. The molecule has 8 rings (SSSR count). The van der Waals surface area contributed by atoms with E-state index in [1.54, 1.807) is 11.8 Å². The Kier molecular flexibility index (Phi) is 8.78. The van der Waals surface area contributed by atoms with Crippen molar-refractivity contribution in [3.63, 3.8) is 0 Å². The molecular weight excluding hydrogens is 693 g/mol. The maximum atomic E-state index is 14.8. The molecule has 2 aliphatic carbocycles. The van der Waals surface area contributed by atoms with Crippen LogP contribution >= 0.6 is 0 Å². The van der Waals surface area contributed by atoms with Crippen molar-refractivity contribution in [2.75, 3.05) is 11.9 Å². The van der Waals surface area contributed by atoms with E-state index in [0.29, 0.717) is 43.7 Å². The molecule has 3 N–H and O–H groups in total. The fraction of sp³-hybridized carbons (Fsp3) is 0.525. The number of aromatic nitrogens is 2. The number of amides is 3. The number of allylic oxidation sites excluding steroid dienone is 1. The molecule has 0 radical (unpaired) electrons. The lowest BCUT2D eigenvalue weighted by Crippen LogP contribution is -2.58. The van der Waals surface area contributed by atoms with Gasteiger partial charge in [0.05, 0.1) is 22.5 Å². The highest BCUT2D eigenvalue weighted by Gasteiger charge is 2.64. The molecule has 1 unspecified atom stereocenters. The van der Waals surface area contributed by atoms with Crippen molar-refractivity contribution in [2.24, 2.45) is 5.92 Å². The van der Waals surface area contributed by atoms with Crippen LogP contribution in [0.5, 0.6) is 5.75 Å². The number of carbonyl (C=O) groups excluding carboxylic acids is 3. The third-order valence-electron chi connectivity index (χ3n) is 12.1. The van der Waals surface area contributed by atoms with Gasteiger partial charge in [0.1, 0.15) is 34.8 Å². The van der Waals surface area contributed by atoms with E-state index in [1.807, 2.05) is 68.5 Å². The van der Waals surface area contributed by atoms with Crippen LogP contribution in [-0.4, -0.2) is 75.5 Å². The predicted octanol–water partition coefficient (Wildman–Crippen LogP) is 4.79. The molecule has 5 aliphatic rings. The molecule has 3 fully saturated rings. The maximum Gasteiger partial charge on any atom is 0.259 e. The van der Waals surface area contributed by atoms with Gasteiger partial charge in [-0.15, -0.1) is 0 Å². The smallest absolute Gasteiger partial charge is 0.259 e. The van der Waals surface area contributed by atoms with Gasteiger partial charge in [-0.3, -0.25) is 19.1 Å². The van der Waals surface area contributed by atoms with E-state index in [2.05, 4.69) is 20.3 Å². The Balaban J connectivity index is 1.15. The summed E-state index contributed by atoms with van der Waals surface area (Å²) in [5.41, 5.74) is 1.20. The summed E-state index contributed by atoms with van der Waals surface area (Å²) in [7, 11) is -3.95. The first-order chi connectivity index (χ1) is 25.3. The zero-order chi connectivity index (χ0) is 37.2. The molecule has 0 bridgehead atoms. The molecule has 1 aromatic carbocycles. The Morgan fingerprint density at radius 3 is 2.60 bits per heavy atom. The summed E-state index contributed by atoms with van der Waals surface area (Å²) in [4.78, 5) is 54.5. The number of ether oxygens (including phenoxy) is 1. The van der Waals surface area contributed by atoms with E-state index in [-0.39, 0.29) is 31.2 Å². The van der Waals surface area contributed by atoms with Gasteiger partial charge in [-0.2, -0.15) is 0 Å². The minimum absolute atomic E-state index is 0.171. The molecule has 2 saturated carbocycles. The molecule has 3 aliphatic heterocycles. The summed E-state index contributed by atoms with van der Waals surface area (Å²) >= 11 is 0. The molecule has 3 amide bonds. The Labute approximate surface area is 310 Å². The first-order valence-corrected chi connectivity index (χ1v) is 20.4. The van der Waals surface area contributed by atoms with Crippen molar-refractivity contribution in [2.45, 2.75) is 119 Å². The van der Waals surface area contributed by atoms with Crippen molar-refractivity contribution in [1.29, 1.82) is 0 Å². The van der Waals surface area contributed by atoms with Gasteiger partial charge in [0.25, 0.3) is 5.91 Å². The maximum absolute atomic E-state index is 14.8. The molecule has 280 valence electrons. The summed E-state index contributed by atoms with van der Waals surface area (Å²) < 4.78 is 34.7. The van der Waals surface area contributed by atoms with Crippen LogP contribution in [0.4, 0.5) is 5.82 Å². The summed E-state index contributed by atoms with van der Waals surface area (Å²) in [6, 6.07) is 12.0. The molecule has 1 saturated heterocycles. The van der Waals surface area contributed by atoms with Crippen LogP contribution in [0.1, 0.15) is 88.1 Å². The number of nitrogens with zero attached hydrogens (tertiary/aromatic N) is 3. The molecule has 12 nitrogen and oxygen atoms in total. The van der Waals surface area contributed by atoms with Gasteiger partial charge < -0.3 is 20.3 Å². The van der Waals surface area contributed by atoms with Gasteiger partial charge in [0.15, 0.2) is 0 Å². The topological polar surface area (TPSA) is 160 Å². The van der Waals surface area contributed by atoms with Crippen LogP contribution in [0.25, 0.3) is 10.9 Å². The van der Waals surface area contributed by atoms with E-state index < -0.39 is 49.8 Å². The highest BCUT2D eigenvalue weighted by Crippen LogP contribution is 2.49. The fourth-order valence-corrected chi connectivity index (χ4v) is 9.76. The van der Waals surface area contributed by atoms with Gasteiger partial charge in [-0.1, -0.05) is 49.3 Å². The lowest BCUT2D eigenvalue weighted by atomic mass is 9.87. The monoisotopic (exact) mass is 740 g/mol. The van der Waals surface area contributed by atoms with E-state index in [1.165, 1.54) is 0 Å². The number of rotatable bonds is 5. The molecular formula is C40H48N6O6S. The normalized spacial score (nSPS) is 30.1. The molecule has 5 atom stereocenters. The number of benzene rings is 1. The largest absolute Gasteiger partial charge is 0.483 e. The number of sulfonamides is 1. The average molecular weight is 741 g/mol. The summed E-state index contributed by atoms with van der Waals surface area (Å²) in [5, 5.41) is 7.42. The summed E-state index contributed by atoms with van der Waals surface area (Å²) in [6.07, 6.45) is 10.5. The van der Waals surface area contributed by atoms with Gasteiger partial charge in [-0.25, -0.2) is 18.4 Å². The SMILES string of the molecule is Cc1cccc(N[C@H]2CCCCC/C=C\C3C[C@@]3(C(=O)NS(=O)(=O)C3(C)CC3)NC(=O)[C@@H]3C[C@]4(CCc5c(c(C)nc6ccccc56)O4)CN3C2=O)n1. The zero-order valence-corrected chi connectivity index (χ0v) is 31.4. The second kappa shape index (κ2) is 13.1. The number of nitrogens with one attached hydrogen (secondary N) is 3. The standard InChI is InChI=1S/C40H48N6O6S/c1-25-12-11-17-33(41-25)43-31-16-8-6-4-5-7-13-27-22-40(27,37(49)45-53(50,51)38(3)20-21-38)44-35(47)32-23-39(24-46(32)36(31)48)19-18-29-28-14-9-10-15-30(28)42-26(2)34(29)52-39/h7,9-15,17,27,31-32H,4-6,8,16,18-24H2,1-3H3,(H,41,43)(H,44,47)(H,45,49)/b13-7-/t27?,31-,32-,39+,40+/m0/s1. The van der Waals surface area contributed by atoms with E-state index in [9.17, 15) is 22.8 Å². The molecule has 5 heterocycles. The van der Waals surface area contributed by atoms with Gasteiger partial charge in [0, 0.05) is 29.0 Å². The molecule has 13 heteroatoms. The van der Waals surface area contributed by atoms with Crippen molar-refractivity contribution in [1.82, 2.24) is 24.9 Å². The molecule has 3 aromatic rings. The molecule has 1 spiro atoms. The van der Waals surface area contributed by atoms with Gasteiger partial charge >= 0.3 is 0 Å². The van der Waals surface area contributed by atoms with Gasteiger partial charge in [-0.05, 0) is 90.3 Å². The van der Waals surface area contributed by atoms with Crippen molar-refractivity contribution < 1.29 is 27.5 Å². The van der Waals surface area contributed by atoms with Crippen LogP contribution in [-0.2, 0) is 30.8 Å².